The Bertz CT molecular complexity index is 178. The van der Waals surface area contributed by atoms with E-state index in [0.717, 1.165) is 25.9 Å². The zero-order valence-electron chi connectivity index (χ0n) is 8.01. The molecular weight excluding hydrogens is 170 g/mol. The first-order valence-corrected chi connectivity index (χ1v) is 4.77. The van der Waals surface area contributed by atoms with E-state index >= 15 is 0 Å². The van der Waals surface area contributed by atoms with Crippen molar-refractivity contribution >= 4 is 5.97 Å². The molecule has 0 aromatic heterocycles. The second-order valence-electron chi connectivity index (χ2n) is 3.43. The summed E-state index contributed by atoms with van der Waals surface area (Å²) in [6.45, 7) is 4.03. The minimum atomic E-state index is -0.733. The van der Waals surface area contributed by atoms with Gasteiger partial charge >= 0.3 is 5.97 Å². The maximum atomic E-state index is 10.7. The molecule has 1 rings (SSSR count). The van der Waals surface area contributed by atoms with Gasteiger partial charge < -0.3 is 9.84 Å². The third kappa shape index (κ3) is 2.97. The van der Waals surface area contributed by atoms with E-state index in [0.29, 0.717) is 13.2 Å². The summed E-state index contributed by atoms with van der Waals surface area (Å²) in [4.78, 5) is 10.7. The summed E-state index contributed by atoms with van der Waals surface area (Å²) in [5.74, 6) is -0.733. The van der Waals surface area contributed by atoms with Crippen molar-refractivity contribution in [1.29, 1.82) is 0 Å². The smallest absolute Gasteiger partial charge is 0.323 e. The van der Waals surface area contributed by atoms with Gasteiger partial charge in [-0.15, -0.1) is 0 Å². The molecule has 4 nitrogen and oxygen atoms in total. The van der Waals surface area contributed by atoms with Crippen molar-refractivity contribution < 1.29 is 14.6 Å². The van der Waals surface area contributed by atoms with Crippen LogP contribution in [-0.2, 0) is 9.53 Å². The lowest BCUT2D eigenvalue weighted by atomic mass is 10.3. The number of carboxylic acid groups (broad SMARTS) is 1. The number of aliphatic carboxylic acids is 1. The van der Waals surface area contributed by atoms with E-state index in [4.69, 9.17) is 9.84 Å². The summed E-state index contributed by atoms with van der Waals surface area (Å²) in [7, 11) is 0. The van der Waals surface area contributed by atoms with Crippen molar-refractivity contribution in [3.63, 3.8) is 0 Å². The van der Waals surface area contributed by atoms with Crippen LogP contribution in [0.3, 0.4) is 0 Å². The molecule has 0 spiro atoms. The third-order valence-electron chi connectivity index (χ3n) is 2.22. The van der Waals surface area contributed by atoms with Crippen LogP contribution < -0.4 is 5.32 Å². The van der Waals surface area contributed by atoms with Crippen molar-refractivity contribution in [2.75, 3.05) is 19.8 Å². The lowest BCUT2D eigenvalue weighted by Crippen LogP contribution is -2.40. The highest BCUT2D eigenvalue weighted by Gasteiger charge is 2.49. The number of carbonyl (C=O) groups is 1. The minimum Gasteiger partial charge on any atom is -0.480 e. The Balaban J connectivity index is 2.03. The Morgan fingerprint density at radius 3 is 2.69 bits per heavy atom. The largest absolute Gasteiger partial charge is 0.480 e. The average Bonchev–Trinajstić information content (AvgIpc) is 2.85. The topological polar surface area (TPSA) is 58.6 Å². The summed E-state index contributed by atoms with van der Waals surface area (Å²) in [6.07, 6.45) is 2.50. The summed E-state index contributed by atoms with van der Waals surface area (Å²) in [6, 6.07) is 0. The molecule has 0 aromatic carbocycles. The maximum absolute atomic E-state index is 10.7. The molecule has 1 fully saturated rings. The second kappa shape index (κ2) is 4.58. The fourth-order valence-electron chi connectivity index (χ4n) is 1.20. The van der Waals surface area contributed by atoms with Gasteiger partial charge in [-0.1, -0.05) is 6.92 Å². The zero-order chi connectivity index (χ0) is 9.73. The normalized spacial score (nSPS) is 18.5. The monoisotopic (exact) mass is 187 g/mol. The number of hydrogen-bond acceptors (Lipinski definition) is 3. The van der Waals surface area contributed by atoms with E-state index < -0.39 is 11.5 Å². The quantitative estimate of drug-likeness (QED) is 0.574. The highest BCUT2D eigenvalue weighted by Crippen LogP contribution is 2.35. The molecule has 0 bridgehead atoms. The predicted molar refractivity (Wildman–Crippen MR) is 48.7 cm³/mol. The third-order valence-corrected chi connectivity index (χ3v) is 2.22. The van der Waals surface area contributed by atoms with Crippen molar-refractivity contribution in [3.05, 3.63) is 0 Å². The molecule has 1 aliphatic carbocycles. The number of hydrogen-bond donors (Lipinski definition) is 2. The summed E-state index contributed by atoms with van der Waals surface area (Å²) >= 11 is 0. The molecule has 0 atom stereocenters. The van der Waals surface area contributed by atoms with Crippen LogP contribution in [-0.4, -0.2) is 36.4 Å². The Hall–Kier alpha value is -0.610. The van der Waals surface area contributed by atoms with E-state index in [-0.39, 0.29) is 0 Å². The molecule has 4 heteroatoms. The van der Waals surface area contributed by atoms with Crippen LogP contribution >= 0.6 is 0 Å². The van der Waals surface area contributed by atoms with Gasteiger partial charge in [-0.25, -0.2) is 0 Å². The molecule has 0 aromatic rings. The van der Waals surface area contributed by atoms with Gasteiger partial charge in [0.05, 0.1) is 6.61 Å². The van der Waals surface area contributed by atoms with Crippen LogP contribution in [0.4, 0.5) is 0 Å². The highest BCUT2D eigenvalue weighted by atomic mass is 16.5. The molecule has 0 radical (unpaired) electrons. The molecule has 0 heterocycles. The van der Waals surface area contributed by atoms with Crippen LogP contribution in [0.2, 0.25) is 0 Å². The summed E-state index contributed by atoms with van der Waals surface area (Å²) < 4.78 is 5.23. The minimum absolute atomic E-state index is 0.600. The van der Waals surface area contributed by atoms with Crippen molar-refractivity contribution in [2.45, 2.75) is 31.7 Å². The van der Waals surface area contributed by atoms with Crippen LogP contribution in [0.5, 0.6) is 0 Å². The molecule has 0 saturated heterocycles. The first-order chi connectivity index (χ1) is 6.21. The molecular formula is C9H17NO3. The van der Waals surface area contributed by atoms with Gasteiger partial charge in [0.1, 0.15) is 5.54 Å². The standard InChI is InChI=1S/C9H17NO3/c1-2-6-13-7-5-10-9(3-4-9)8(11)12/h10H,2-7H2,1H3,(H,11,12). The number of carboxylic acids is 1. The maximum Gasteiger partial charge on any atom is 0.323 e. The van der Waals surface area contributed by atoms with Crippen LogP contribution in [0, 0.1) is 0 Å². The summed E-state index contributed by atoms with van der Waals surface area (Å²) in [5, 5.41) is 11.8. The van der Waals surface area contributed by atoms with Gasteiger partial charge in [-0.3, -0.25) is 10.1 Å². The molecule has 0 unspecified atom stereocenters. The van der Waals surface area contributed by atoms with Crippen LogP contribution in [0.15, 0.2) is 0 Å². The Kier molecular flexibility index (Phi) is 3.69. The molecule has 1 aliphatic rings. The average molecular weight is 187 g/mol. The van der Waals surface area contributed by atoms with E-state index in [1.54, 1.807) is 0 Å². The first kappa shape index (κ1) is 10.5. The van der Waals surface area contributed by atoms with E-state index in [1.165, 1.54) is 0 Å². The number of ether oxygens (including phenoxy) is 1. The molecule has 0 amide bonds. The van der Waals surface area contributed by atoms with Crippen molar-refractivity contribution in [1.82, 2.24) is 5.32 Å². The Morgan fingerprint density at radius 2 is 2.23 bits per heavy atom. The zero-order valence-corrected chi connectivity index (χ0v) is 8.01. The lowest BCUT2D eigenvalue weighted by molar-refractivity contribution is -0.140. The van der Waals surface area contributed by atoms with Gasteiger partial charge in [-0.05, 0) is 19.3 Å². The van der Waals surface area contributed by atoms with Gasteiger partial charge in [0, 0.05) is 13.2 Å². The molecule has 13 heavy (non-hydrogen) atoms. The van der Waals surface area contributed by atoms with Gasteiger partial charge in [0.15, 0.2) is 0 Å². The van der Waals surface area contributed by atoms with Gasteiger partial charge in [-0.2, -0.15) is 0 Å². The Morgan fingerprint density at radius 1 is 1.54 bits per heavy atom. The fourth-order valence-corrected chi connectivity index (χ4v) is 1.20. The molecule has 0 aliphatic heterocycles. The second-order valence-corrected chi connectivity index (χ2v) is 3.43. The Labute approximate surface area is 78.3 Å². The number of rotatable bonds is 7. The van der Waals surface area contributed by atoms with Crippen LogP contribution in [0.25, 0.3) is 0 Å². The highest BCUT2D eigenvalue weighted by molar-refractivity contribution is 5.82. The van der Waals surface area contributed by atoms with Crippen LogP contribution in [0.1, 0.15) is 26.2 Å². The van der Waals surface area contributed by atoms with Crippen molar-refractivity contribution in [3.8, 4) is 0 Å². The number of nitrogens with one attached hydrogen (secondary N) is 1. The molecule has 2 N–H and O–H groups in total. The van der Waals surface area contributed by atoms with E-state index in [2.05, 4.69) is 5.32 Å². The first-order valence-electron chi connectivity index (χ1n) is 4.77. The van der Waals surface area contributed by atoms with E-state index in [1.807, 2.05) is 6.92 Å². The van der Waals surface area contributed by atoms with Crippen molar-refractivity contribution in [2.24, 2.45) is 0 Å². The van der Waals surface area contributed by atoms with Gasteiger partial charge in [0.25, 0.3) is 0 Å². The van der Waals surface area contributed by atoms with E-state index in [9.17, 15) is 4.79 Å². The molecule has 1 saturated carbocycles. The fraction of sp³-hybridized carbons (Fsp3) is 0.889. The molecule has 76 valence electrons. The SMILES string of the molecule is CCCOCCNC1(C(=O)O)CC1. The summed E-state index contributed by atoms with van der Waals surface area (Å²) in [5.41, 5.74) is -0.616. The lowest BCUT2D eigenvalue weighted by Gasteiger charge is -2.11. The van der Waals surface area contributed by atoms with Gasteiger partial charge in [0.2, 0.25) is 0 Å². The predicted octanol–water partition coefficient (Wildman–Crippen LogP) is 0.620.